The number of carbonyl (C=O) groups excluding carboxylic acids is 1. The van der Waals surface area contributed by atoms with Gasteiger partial charge in [-0.3, -0.25) is 4.79 Å². The number of anilines is 3. The Kier molecular flexibility index (Phi) is 5.70. The first kappa shape index (κ1) is 23.9. The lowest BCUT2D eigenvalue weighted by Gasteiger charge is -2.19. The van der Waals surface area contributed by atoms with E-state index in [1.54, 1.807) is 24.3 Å². The van der Waals surface area contributed by atoms with Crippen molar-refractivity contribution in [3.63, 3.8) is 0 Å². The van der Waals surface area contributed by atoms with Crippen LogP contribution in [0.15, 0.2) is 59.0 Å². The van der Waals surface area contributed by atoms with E-state index in [-0.39, 0.29) is 11.3 Å². The number of halogens is 2. The topological polar surface area (TPSA) is 83.0 Å². The molecule has 1 fully saturated rings. The van der Waals surface area contributed by atoms with Gasteiger partial charge in [0.1, 0.15) is 16.9 Å². The normalized spacial score (nSPS) is 13.9. The van der Waals surface area contributed by atoms with Gasteiger partial charge in [-0.15, -0.1) is 0 Å². The van der Waals surface area contributed by atoms with E-state index >= 15 is 0 Å². The maximum absolute atomic E-state index is 13.5. The molecular weight excluding hydrogens is 507 g/mol. The van der Waals surface area contributed by atoms with Gasteiger partial charge in [0.25, 0.3) is 5.91 Å². The largest absolute Gasteiger partial charge is 0.460 e. The number of carbonyl (C=O) groups is 1. The third kappa shape index (κ3) is 4.56. The van der Waals surface area contributed by atoms with Crippen molar-refractivity contribution in [2.24, 2.45) is 0 Å². The fourth-order valence-corrected chi connectivity index (χ4v) is 4.97. The van der Waals surface area contributed by atoms with Gasteiger partial charge in [0, 0.05) is 17.0 Å². The van der Waals surface area contributed by atoms with Crippen molar-refractivity contribution in [3.05, 3.63) is 81.5 Å². The molecule has 1 aliphatic rings. The number of nitrogens with zero attached hydrogens (tertiary/aromatic N) is 1. The number of hydrogen-bond acceptors (Lipinski definition) is 4. The van der Waals surface area contributed by atoms with E-state index in [4.69, 9.17) is 32.6 Å². The van der Waals surface area contributed by atoms with E-state index in [2.05, 4.69) is 36.4 Å². The second-order valence-corrected chi connectivity index (χ2v) is 11.4. The number of amides is 1. The number of furan rings is 1. The molecule has 1 saturated carbocycles. The number of hydrogen-bond donors (Lipinski definition) is 3. The summed E-state index contributed by atoms with van der Waals surface area (Å²) in [5.74, 6) is 1.50. The molecule has 2 heterocycles. The minimum absolute atomic E-state index is 0.0354. The zero-order valence-corrected chi connectivity index (χ0v) is 22.2. The smallest absolute Gasteiger partial charge is 0.259 e. The number of rotatable bonds is 5. The van der Waals surface area contributed by atoms with E-state index in [1.165, 1.54) is 5.56 Å². The molecule has 0 atom stereocenters. The van der Waals surface area contributed by atoms with Crippen LogP contribution in [-0.2, 0) is 5.41 Å². The summed E-state index contributed by atoms with van der Waals surface area (Å²) in [6.07, 6.45) is 2.17. The first-order valence-electron chi connectivity index (χ1n) is 12.3. The molecule has 3 N–H and O–H groups in total. The molecule has 2 aromatic heterocycles. The Hall–Kier alpha value is -3.48. The van der Waals surface area contributed by atoms with Gasteiger partial charge in [-0.25, -0.2) is 4.98 Å². The third-order valence-corrected chi connectivity index (χ3v) is 7.34. The highest BCUT2D eigenvalue weighted by Gasteiger charge is 2.29. The van der Waals surface area contributed by atoms with Crippen LogP contribution >= 0.6 is 23.2 Å². The van der Waals surface area contributed by atoms with Crippen molar-refractivity contribution < 1.29 is 9.21 Å². The molecule has 5 aromatic rings. The van der Waals surface area contributed by atoms with Crippen LogP contribution in [0.25, 0.3) is 22.0 Å². The van der Waals surface area contributed by atoms with Gasteiger partial charge < -0.3 is 20.0 Å². The average Bonchev–Trinajstić information content (AvgIpc) is 3.46. The van der Waals surface area contributed by atoms with E-state index in [1.807, 2.05) is 30.3 Å². The van der Waals surface area contributed by atoms with E-state index in [0.717, 1.165) is 29.7 Å². The number of aromatic nitrogens is 2. The van der Waals surface area contributed by atoms with Crippen LogP contribution in [0.1, 0.15) is 61.2 Å². The highest BCUT2D eigenvalue weighted by atomic mass is 35.5. The Morgan fingerprint density at radius 2 is 1.76 bits per heavy atom. The summed E-state index contributed by atoms with van der Waals surface area (Å²) in [4.78, 5) is 21.5. The molecule has 188 valence electrons. The third-order valence-electron chi connectivity index (χ3n) is 6.71. The Morgan fingerprint density at radius 3 is 2.41 bits per heavy atom. The molecule has 8 heteroatoms. The predicted octanol–water partition coefficient (Wildman–Crippen LogP) is 8.79. The first-order chi connectivity index (χ1) is 17.7. The molecule has 37 heavy (non-hydrogen) atoms. The van der Waals surface area contributed by atoms with Gasteiger partial charge in [-0.2, -0.15) is 0 Å². The maximum atomic E-state index is 13.5. The van der Waals surface area contributed by atoms with Gasteiger partial charge in [0.05, 0.1) is 26.8 Å². The summed E-state index contributed by atoms with van der Waals surface area (Å²) in [6, 6.07) is 17.0. The Morgan fingerprint density at radius 1 is 1.05 bits per heavy atom. The van der Waals surface area contributed by atoms with Crippen molar-refractivity contribution in [1.29, 1.82) is 0 Å². The van der Waals surface area contributed by atoms with Crippen LogP contribution in [0.4, 0.5) is 17.3 Å². The van der Waals surface area contributed by atoms with Gasteiger partial charge in [-0.05, 0) is 60.2 Å². The predicted molar refractivity (Wildman–Crippen MR) is 151 cm³/mol. The van der Waals surface area contributed by atoms with Crippen LogP contribution in [0.2, 0.25) is 10.0 Å². The highest BCUT2D eigenvalue weighted by Crippen LogP contribution is 2.44. The van der Waals surface area contributed by atoms with Crippen molar-refractivity contribution in [1.82, 2.24) is 9.97 Å². The lowest BCUT2D eigenvalue weighted by molar-refractivity contribution is 0.102. The first-order valence-corrected chi connectivity index (χ1v) is 13.0. The summed E-state index contributed by atoms with van der Waals surface area (Å²) in [5.41, 5.74) is 4.91. The molecule has 6 rings (SSSR count). The van der Waals surface area contributed by atoms with Crippen molar-refractivity contribution in [2.75, 3.05) is 10.6 Å². The van der Waals surface area contributed by atoms with Crippen molar-refractivity contribution >= 4 is 68.4 Å². The number of aromatic amines is 1. The lowest BCUT2D eigenvalue weighted by atomic mass is 9.87. The Bertz CT molecular complexity index is 1640. The van der Waals surface area contributed by atoms with Gasteiger partial charge in [-0.1, -0.05) is 62.2 Å². The van der Waals surface area contributed by atoms with Crippen molar-refractivity contribution in [2.45, 2.75) is 44.9 Å². The summed E-state index contributed by atoms with van der Waals surface area (Å²) >= 11 is 12.7. The summed E-state index contributed by atoms with van der Waals surface area (Å²) < 4.78 is 6.24. The number of nitrogens with one attached hydrogen (secondary N) is 3. The maximum Gasteiger partial charge on any atom is 0.259 e. The number of benzene rings is 3. The monoisotopic (exact) mass is 532 g/mol. The zero-order chi connectivity index (χ0) is 25.9. The van der Waals surface area contributed by atoms with Gasteiger partial charge in [0.2, 0.25) is 5.95 Å². The molecule has 1 amide bonds. The lowest BCUT2D eigenvalue weighted by Crippen LogP contribution is -2.14. The summed E-state index contributed by atoms with van der Waals surface area (Å²) in [7, 11) is 0. The van der Waals surface area contributed by atoms with Crippen LogP contribution < -0.4 is 10.6 Å². The molecule has 3 aromatic carbocycles. The number of imidazole rings is 1. The summed E-state index contributed by atoms with van der Waals surface area (Å²) in [6.45, 7) is 6.48. The Labute approximate surface area is 224 Å². The number of fused-ring (bicyclic) bond motifs is 3. The SMILES string of the molecule is CC(C)(C)c1ccc(NC(=O)c2cc3[nH]c(Nc4c(Cl)cccc4Cl)nc3c3cc(C4CC4)oc23)cc1. The fourth-order valence-electron chi connectivity index (χ4n) is 4.48. The quantitative estimate of drug-likeness (QED) is 0.211. The molecular formula is C29H26Cl2N4O2. The minimum atomic E-state index is -0.245. The number of para-hydroxylation sites is 1. The summed E-state index contributed by atoms with van der Waals surface area (Å²) in [5, 5.41) is 7.96. The van der Waals surface area contributed by atoms with Crippen molar-refractivity contribution in [3.8, 4) is 0 Å². The molecule has 6 nitrogen and oxygen atoms in total. The minimum Gasteiger partial charge on any atom is -0.460 e. The molecule has 0 unspecified atom stereocenters. The molecule has 1 aliphatic carbocycles. The second-order valence-electron chi connectivity index (χ2n) is 10.6. The van der Waals surface area contributed by atoms with E-state index in [0.29, 0.717) is 49.8 Å². The van der Waals surface area contributed by atoms with Crippen LogP contribution in [-0.4, -0.2) is 15.9 Å². The number of H-pyrrole nitrogens is 1. The molecule has 0 bridgehead atoms. The standard InChI is InChI=1S/C29H26Cl2N4O2/c1-29(2,3)16-9-11-17(12-10-16)32-27(36)19-13-22-24(18-14-23(15-7-8-15)37-26(18)19)34-28(33-22)35-25-20(30)5-4-6-21(25)31/h4-6,9-15H,7-8H2,1-3H3,(H,32,36)(H2,33,34,35). The average molecular weight is 533 g/mol. The fraction of sp³-hybridized carbons (Fsp3) is 0.241. The molecule has 0 saturated heterocycles. The van der Waals surface area contributed by atoms with E-state index in [9.17, 15) is 4.79 Å². The van der Waals surface area contributed by atoms with Gasteiger partial charge >= 0.3 is 0 Å². The van der Waals surface area contributed by atoms with E-state index < -0.39 is 0 Å². The van der Waals surface area contributed by atoms with Crippen LogP contribution in [0.3, 0.4) is 0 Å². The zero-order valence-electron chi connectivity index (χ0n) is 20.7. The molecule has 0 radical (unpaired) electrons. The second kappa shape index (κ2) is 8.82. The van der Waals surface area contributed by atoms with Gasteiger partial charge in [0.15, 0.2) is 0 Å². The van der Waals surface area contributed by atoms with Crippen LogP contribution in [0.5, 0.6) is 0 Å². The Balaban J connectivity index is 1.40. The molecule has 0 aliphatic heterocycles. The van der Waals surface area contributed by atoms with Crippen LogP contribution in [0, 0.1) is 0 Å². The highest BCUT2D eigenvalue weighted by molar-refractivity contribution is 6.39. The molecule has 0 spiro atoms.